The molecular weight excluding hydrogens is 367 g/mol. The first kappa shape index (κ1) is 18.0. The molecule has 0 bridgehead atoms. The molecule has 0 aliphatic carbocycles. The fraction of sp³-hybridized carbons (Fsp3) is 0.375. The predicted molar refractivity (Wildman–Crippen MR) is 91.5 cm³/mol. The number of carbonyl (C=O) groups is 1. The second-order valence-corrected chi connectivity index (χ2v) is 8.75. The lowest BCUT2D eigenvalue weighted by Gasteiger charge is -2.09. The number of thiazole rings is 1. The van der Waals surface area contributed by atoms with Crippen LogP contribution in [0.5, 0.6) is 0 Å². The lowest BCUT2D eigenvalue weighted by atomic mass is 10.2. The topological polar surface area (TPSA) is 85.4 Å². The molecule has 1 amide bonds. The van der Waals surface area contributed by atoms with E-state index in [0.717, 1.165) is 16.9 Å². The highest BCUT2D eigenvalue weighted by molar-refractivity contribution is 7.90. The summed E-state index contributed by atoms with van der Waals surface area (Å²) >= 11 is 1.12. The number of carbonyl (C=O) groups excluding carboxylic acids is 1. The van der Waals surface area contributed by atoms with Gasteiger partial charge in [-0.15, -0.1) is 11.3 Å². The maximum atomic E-state index is 12.9. The maximum absolute atomic E-state index is 12.9. The predicted octanol–water partition coefficient (Wildman–Crippen LogP) is 1.97. The van der Waals surface area contributed by atoms with Crippen LogP contribution in [0, 0.1) is 11.7 Å². The summed E-state index contributed by atoms with van der Waals surface area (Å²) in [7, 11) is -3.71. The standard InChI is InChI=1S/C16H17FN2O4S2/c17-13-3-1-11(2-4-13)7-15-18-8-14(24-15)16(20)19-25(21,22)10-12-5-6-23-9-12/h1-4,8,12H,5-7,9-10H2,(H,19,20)/t12-/m1/s1. The van der Waals surface area contributed by atoms with Crippen molar-refractivity contribution in [1.29, 1.82) is 0 Å². The number of halogens is 1. The number of hydrogen-bond acceptors (Lipinski definition) is 6. The van der Waals surface area contributed by atoms with Crippen LogP contribution in [0.1, 0.15) is 26.7 Å². The van der Waals surface area contributed by atoms with Gasteiger partial charge < -0.3 is 4.74 Å². The third kappa shape index (κ3) is 5.07. The fourth-order valence-corrected chi connectivity index (χ4v) is 4.80. The number of aromatic nitrogens is 1. The molecule has 2 heterocycles. The number of hydrogen-bond donors (Lipinski definition) is 1. The molecule has 1 aromatic heterocycles. The molecule has 2 aromatic rings. The average molecular weight is 384 g/mol. The second kappa shape index (κ2) is 7.59. The van der Waals surface area contributed by atoms with Crippen molar-refractivity contribution in [2.24, 2.45) is 5.92 Å². The largest absolute Gasteiger partial charge is 0.381 e. The third-order valence-electron chi connectivity index (χ3n) is 3.77. The van der Waals surface area contributed by atoms with E-state index in [1.54, 1.807) is 12.1 Å². The maximum Gasteiger partial charge on any atom is 0.276 e. The molecule has 1 atom stereocenters. The van der Waals surface area contributed by atoms with Gasteiger partial charge in [0, 0.05) is 18.9 Å². The first-order valence-corrected chi connectivity index (χ1v) is 10.2. The Morgan fingerprint density at radius 1 is 1.36 bits per heavy atom. The summed E-state index contributed by atoms with van der Waals surface area (Å²) in [4.78, 5) is 16.5. The smallest absolute Gasteiger partial charge is 0.276 e. The normalized spacial score (nSPS) is 17.6. The van der Waals surface area contributed by atoms with E-state index in [-0.39, 0.29) is 22.4 Å². The third-order valence-corrected chi connectivity index (χ3v) is 6.18. The van der Waals surface area contributed by atoms with Crippen LogP contribution in [0.4, 0.5) is 4.39 Å². The second-order valence-electron chi connectivity index (χ2n) is 5.86. The summed E-state index contributed by atoms with van der Waals surface area (Å²) in [6.45, 7) is 0.952. The van der Waals surface area contributed by atoms with E-state index in [2.05, 4.69) is 9.71 Å². The molecule has 9 heteroatoms. The molecule has 0 unspecified atom stereocenters. The molecule has 1 aliphatic heterocycles. The Hall–Kier alpha value is -1.84. The zero-order valence-corrected chi connectivity index (χ0v) is 14.9. The summed E-state index contributed by atoms with van der Waals surface area (Å²) in [5.41, 5.74) is 0.858. The van der Waals surface area contributed by atoms with Crippen molar-refractivity contribution < 1.29 is 22.3 Å². The van der Waals surface area contributed by atoms with Crippen molar-refractivity contribution in [3.63, 3.8) is 0 Å². The summed E-state index contributed by atoms with van der Waals surface area (Å²) in [5.74, 6) is -1.21. The molecular formula is C16H17FN2O4S2. The molecule has 1 fully saturated rings. The lowest BCUT2D eigenvalue weighted by molar-refractivity contribution is 0.0985. The minimum Gasteiger partial charge on any atom is -0.381 e. The Labute approximate surface area is 149 Å². The average Bonchev–Trinajstić information content (AvgIpc) is 3.20. The van der Waals surface area contributed by atoms with Gasteiger partial charge in [-0.05, 0) is 24.1 Å². The molecule has 134 valence electrons. The zero-order valence-electron chi connectivity index (χ0n) is 13.3. The van der Waals surface area contributed by atoms with E-state index in [1.807, 2.05) is 0 Å². The highest BCUT2D eigenvalue weighted by atomic mass is 32.2. The Balaban J connectivity index is 1.60. The Bertz CT molecular complexity index is 843. The minimum atomic E-state index is -3.71. The van der Waals surface area contributed by atoms with Crippen molar-refractivity contribution in [1.82, 2.24) is 9.71 Å². The van der Waals surface area contributed by atoms with Gasteiger partial charge in [0.2, 0.25) is 10.0 Å². The van der Waals surface area contributed by atoms with Crippen LogP contribution in [0.3, 0.4) is 0 Å². The molecule has 3 rings (SSSR count). The Kier molecular flexibility index (Phi) is 5.45. The van der Waals surface area contributed by atoms with Crippen LogP contribution >= 0.6 is 11.3 Å². The lowest BCUT2D eigenvalue weighted by Crippen LogP contribution is -2.34. The van der Waals surface area contributed by atoms with Gasteiger partial charge in [0.15, 0.2) is 0 Å². The molecule has 0 radical (unpaired) electrons. The monoisotopic (exact) mass is 384 g/mol. The van der Waals surface area contributed by atoms with Gasteiger partial charge in [0.05, 0.1) is 23.6 Å². The molecule has 1 aliphatic rings. The van der Waals surface area contributed by atoms with Crippen LogP contribution in [0.15, 0.2) is 30.5 Å². The van der Waals surface area contributed by atoms with Crippen LogP contribution < -0.4 is 4.72 Å². The highest BCUT2D eigenvalue weighted by Crippen LogP contribution is 2.18. The number of sulfonamides is 1. The molecule has 6 nitrogen and oxygen atoms in total. The van der Waals surface area contributed by atoms with Gasteiger partial charge in [-0.2, -0.15) is 0 Å². The number of amides is 1. The van der Waals surface area contributed by atoms with Gasteiger partial charge in [-0.3, -0.25) is 4.79 Å². The molecule has 1 aromatic carbocycles. The number of ether oxygens (including phenoxy) is 1. The van der Waals surface area contributed by atoms with Gasteiger partial charge in [0.25, 0.3) is 5.91 Å². The van der Waals surface area contributed by atoms with Crippen LogP contribution in [-0.2, 0) is 21.2 Å². The van der Waals surface area contributed by atoms with Crippen molar-refractivity contribution in [3.8, 4) is 0 Å². The van der Waals surface area contributed by atoms with E-state index in [4.69, 9.17) is 4.74 Å². The summed E-state index contributed by atoms with van der Waals surface area (Å²) in [5, 5.41) is 0.651. The zero-order chi connectivity index (χ0) is 17.9. The van der Waals surface area contributed by atoms with Crippen LogP contribution in [0.25, 0.3) is 0 Å². The number of rotatable bonds is 6. The van der Waals surface area contributed by atoms with Crippen molar-refractivity contribution in [2.45, 2.75) is 12.8 Å². The summed E-state index contributed by atoms with van der Waals surface area (Å²) in [6.07, 6.45) is 2.48. The van der Waals surface area contributed by atoms with Crippen molar-refractivity contribution in [2.75, 3.05) is 19.0 Å². The molecule has 0 saturated carbocycles. The number of nitrogens with zero attached hydrogens (tertiary/aromatic N) is 1. The van der Waals surface area contributed by atoms with E-state index < -0.39 is 15.9 Å². The first-order chi connectivity index (χ1) is 11.9. The van der Waals surface area contributed by atoms with Gasteiger partial charge in [-0.1, -0.05) is 12.1 Å². The van der Waals surface area contributed by atoms with Crippen molar-refractivity contribution in [3.05, 3.63) is 51.7 Å². The van der Waals surface area contributed by atoms with Crippen LogP contribution in [0.2, 0.25) is 0 Å². The number of benzene rings is 1. The Morgan fingerprint density at radius 2 is 2.12 bits per heavy atom. The number of nitrogens with one attached hydrogen (secondary N) is 1. The van der Waals surface area contributed by atoms with Crippen molar-refractivity contribution >= 4 is 27.3 Å². The summed E-state index contributed by atoms with van der Waals surface area (Å²) < 4.78 is 44.3. The fourth-order valence-electron chi connectivity index (χ4n) is 2.53. The Morgan fingerprint density at radius 3 is 2.80 bits per heavy atom. The van der Waals surface area contributed by atoms with Gasteiger partial charge in [-0.25, -0.2) is 22.5 Å². The quantitative estimate of drug-likeness (QED) is 0.823. The van der Waals surface area contributed by atoms with Gasteiger partial charge >= 0.3 is 0 Å². The van der Waals surface area contributed by atoms with E-state index in [9.17, 15) is 17.6 Å². The highest BCUT2D eigenvalue weighted by Gasteiger charge is 2.25. The SMILES string of the molecule is O=C(NS(=O)(=O)C[C@@H]1CCOC1)c1cnc(Cc2ccc(F)cc2)s1. The first-order valence-electron chi connectivity index (χ1n) is 7.73. The summed E-state index contributed by atoms with van der Waals surface area (Å²) in [6, 6.07) is 6.00. The molecule has 25 heavy (non-hydrogen) atoms. The van der Waals surface area contributed by atoms with Crippen LogP contribution in [-0.4, -0.2) is 38.3 Å². The van der Waals surface area contributed by atoms with E-state index in [0.29, 0.717) is 31.1 Å². The molecule has 1 N–H and O–H groups in total. The van der Waals surface area contributed by atoms with E-state index >= 15 is 0 Å². The van der Waals surface area contributed by atoms with E-state index in [1.165, 1.54) is 18.3 Å². The molecule has 1 saturated heterocycles. The van der Waals surface area contributed by atoms with Gasteiger partial charge in [0.1, 0.15) is 10.7 Å². The minimum absolute atomic E-state index is 0.0826. The molecule has 0 spiro atoms.